The fraction of sp³-hybridized carbons (Fsp3) is 0.0769. The summed E-state index contributed by atoms with van der Waals surface area (Å²) in [6.07, 6.45) is 0. The highest BCUT2D eigenvalue weighted by molar-refractivity contribution is 7.93. The highest BCUT2D eigenvalue weighted by Gasteiger charge is 2.22. The van der Waals surface area contributed by atoms with E-state index < -0.39 is 15.8 Å². The normalized spacial score (nSPS) is 11.4. The summed E-state index contributed by atoms with van der Waals surface area (Å²) in [4.78, 5) is -0.266. The molecule has 8 heteroatoms. The first kappa shape index (κ1) is 15.9. The third-order valence-electron chi connectivity index (χ3n) is 2.74. The number of anilines is 2. The summed E-state index contributed by atoms with van der Waals surface area (Å²) >= 11 is 11.7. The molecule has 2 aromatic rings. The number of rotatable bonds is 3. The average molecular weight is 349 g/mol. The number of halogens is 3. The number of nitrogens with one attached hydrogen (secondary N) is 1. The molecule has 3 N–H and O–H groups in total. The van der Waals surface area contributed by atoms with Crippen LogP contribution in [0.5, 0.6) is 0 Å². The summed E-state index contributed by atoms with van der Waals surface area (Å²) < 4.78 is 40.1. The zero-order valence-electron chi connectivity index (χ0n) is 10.8. The van der Waals surface area contributed by atoms with Gasteiger partial charge in [-0.2, -0.15) is 0 Å². The maximum absolute atomic E-state index is 13.0. The molecule has 0 aliphatic rings. The molecule has 0 unspecified atom stereocenters. The lowest BCUT2D eigenvalue weighted by Crippen LogP contribution is -2.16. The Hall–Kier alpha value is -1.50. The third-order valence-corrected chi connectivity index (χ3v) is 4.85. The predicted octanol–water partition coefficient (Wildman–Crippen LogP) is 3.82. The minimum Gasteiger partial charge on any atom is -0.398 e. The van der Waals surface area contributed by atoms with Crippen molar-refractivity contribution in [3.63, 3.8) is 0 Å². The van der Waals surface area contributed by atoms with E-state index in [9.17, 15) is 12.8 Å². The molecule has 0 amide bonds. The van der Waals surface area contributed by atoms with Gasteiger partial charge < -0.3 is 5.73 Å². The average Bonchev–Trinajstić information content (AvgIpc) is 2.30. The van der Waals surface area contributed by atoms with E-state index in [1.54, 1.807) is 6.92 Å². The zero-order valence-corrected chi connectivity index (χ0v) is 13.2. The van der Waals surface area contributed by atoms with Crippen LogP contribution >= 0.6 is 23.2 Å². The molecule has 0 saturated heterocycles. The maximum atomic E-state index is 13.0. The quantitative estimate of drug-likeness (QED) is 0.828. The summed E-state index contributed by atoms with van der Waals surface area (Å²) in [5.74, 6) is -0.459. The van der Waals surface area contributed by atoms with Gasteiger partial charge in [-0.05, 0) is 42.8 Å². The van der Waals surface area contributed by atoms with Gasteiger partial charge in [0, 0.05) is 5.02 Å². The monoisotopic (exact) mass is 348 g/mol. The van der Waals surface area contributed by atoms with E-state index in [-0.39, 0.29) is 26.3 Å². The van der Waals surface area contributed by atoms with Crippen LogP contribution in [0.2, 0.25) is 10.0 Å². The van der Waals surface area contributed by atoms with Gasteiger partial charge in [0.1, 0.15) is 10.7 Å². The van der Waals surface area contributed by atoms with Crippen LogP contribution in [0.3, 0.4) is 0 Å². The predicted molar refractivity (Wildman–Crippen MR) is 82.8 cm³/mol. The minimum absolute atomic E-state index is 0.0697. The van der Waals surface area contributed by atoms with E-state index in [0.29, 0.717) is 5.56 Å². The second-order valence-electron chi connectivity index (χ2n) is 4.37. The molecule has 0 atom stereocenters. The lowest BCUT2D eigenvalue weighted by Gasteiger charge is -2.13. The SMILES string of the molecule is Cc1cc(F)ccc1NS(=O)(=O)c1c(N)cc(Cl)cc1Cl. The van der Waals surface area contributed by atoms with E-state index in [4.69, 9.17) is 28.9 Å². The Labute approximate surface area is 131 Å². The van der Waals surface area contributed by atoms with Crippen LogP contribution in [-0.2, 0) is 10.0 Å². The highest BCUT2D eigenvalue weighted by atomic mass is 35.5. The van der Waals surface area contributed by atoms with Crippen molar-refractivity contribution in [3.05, 3.63) is 51.8 Å². The molecule has 0 aliphatic carbocycles. The number of aryl methyl sites for hydroxylation is 1. The molecular weight excluding hydrogens is 338 g/mol. The summed E-state index contributed by atoms with van der Waals surface area (Å²) in [6.45, 7) is 1.58. The number of hydrogen-bond donors (Lipinski definition) is 2. The van der Waals surface area contributed by atoms with Crippen molar-refractivity contribution >= 4 is 44.6 Å². The fourth-order valence-electron chi connectivity index (χ4n) is 1.80. The smallest absolute Gasteiger partial charge is 0.265 e. The molecule has 0 heterocycles. The van der Waals surface area contributed by atoms with E-state index in [1.165, 1.54) is 24.3 Å². The van der Waals surface area contributed by atoms with Gasteiger partial charge >= 0.3 is 0 Å². The Balaban J connectivity index is 2.48. The summed E-state index contributed by atoms with van der Waals surface area (Å²) in [6, 6.07) is 6.26. The second kappa shape index (κ2) is 5.71. The third kappa shape index (κ3) is 3.40. The molecule has 0 saturated carbocycles. The van der Waals surface area contributed by atoms with Crippen LogP contribution in [0.4, 0.5) is 15.8 Å². The Morgan fingerprint density at radius 2 is 1.86 bits per heavy atom. The summed E-state index contributed by atoms with van der Waals surface area (Å²) in [5.41, 5.74) is 6.28. The van der Waals surface area contributed by atoms with Crippen molar-refractivity contribution < 1.29 is 12.8 Å². The first-order valence-electron chi connectivity index (χ1n) is 5.74. The van der Waals surface area contributed by atoms with Gasteiger partial charge in [-0.25, -0.2) is 12.8 Å². The van der Waals surface area contributed by atoms with Crippen LogP contribution in [0, 0.1) is 12.7 Å². The number of hydrogen-bond acceptors (Lipinski definition) is 3. The first-order chi connectivity index (χ1) is 9.70. The van der Waals surface area contributed by atoms with E-state index in [1.807, 2.05) is 0 Å². The second-order valence-corrected chi connectivity index (χ2v) is 6.83. The van der Waals surface area contributed by atoms with Gasteiger partial charge in [0.25, 0.3) is 10.0 Å². The highest BCUT2D eigenvalue weighted by Crippen LogP contribution is 2.32. The molecule has 0 spiro atoms. The van der Waals surface area contributed by atoms with E-state index >= 15 is 0 Å². The van der Waals surface area contributed by atoms with Crippen molar-refractivity contribution in [1.82, 2.24) is 0 Å². The van der Waals surface area contributed by atoms with Crippen LogP contribution in [0.25, 0.3) is 0 Å². The lowest BCUT2D eigenvalue weighted by atomic mass is 10.2. The van der Waals surface area contributed by atoms with Gasteiger partial charge in [0.15, 0.2) is 0 Å². The molecule has 0 aromatic heterocycles. The van der Waals surface area contributed by atoms with Crippen molar-refractivity contribution in [2.45, 2.75) is 11.8 Å². The minimum atomic E-state index is -4.01. The largest absolute Gasteiger partial charge is 0.398 e. The van der Waals surface area contributed by atoms with Crippen LogP contribution in [0.1, 0.15) is 5.56 Å². The molecule has 2 aromatic carbocycles. The topological polar surface area (TPSA) is 72.2 Å². The Bertz CT molecular complexity index is 787. The van der Waals surface area contributed by atoms with E-state index in [2.05, 4.69) is 4.72 Å². The van der Waals surface area contributed by atoms with Crippen LogP contribution < -0.4 is 10.5 Å². The van der Waals surface area contributed by atoms with Crippen molar-refractivity contribution in [3.8, 4) is 0 Å². The van der Waals surface area contributed by atoms with Crippen molar-refractivity contribution in [2.75, 3.05) is 10.5 Å². The van der Waals surface area contributed by atoms with E-state index in [0.717, 1.165) is 6.07 Å². The number of nitrogens with two attached hydrogens (primary N) is 1. The molecular formula is C13H11Cl2FN2O2S. The Kier molecular flexibility index (Phi) is 4.32. The lowest BCUT2D eigenvalue weighted by molar-refractivity contribution is 0.601. The Morgan fingerprint density at radius 1 is 1.19 bits per heavy atom. The molecule has 0 radical (unpaired) electrons. The van der Waals surface area contributed by atoms with Gasteiger partial charge in [0.2, 0.25) is 0 Å². The molecule has 0 bridgehead atoms. The van der Waals surface area contributed by atoms with Crippen LogP contribution in [0.15, 0.2) is 35.2 Å². The molecule has 4 nitrogen and oxygen atoms in total. The number of sulfonamides is 1. The summed E-state index contributed by atoms with van der Waals surface area (Å²) in [5, 5.41) is 0.140. The fourth-order valence-corrected chi connectivity index (χ4v) is 3.92. The number of nitrogen functional groups attached to an aromatic ring is 1. The van der Waals surface area contributed by atoms with Crippen molar-refractivity contribution in [1.29, 1.82) is 0 Å². The molecule has 2 rings (SSSR count). The number of benzene rings is 2. The first-order valence-corrected chi connectivity index (χ1v) is 7.98. The standard InChI is InChI=1S/C13H11Cl2FN2O2S/c1-7-4-9(16)2-3-12(7)18-21(19,20)13-10(15)5-8(14)6-11(13)17/h2-6,18H,17H2,1H3. The van der Waals surface area contributed by atoms with Crippen LogP contribution in [-0.4, -0.2) is 8.42 Å². The van der Waals surface area contributed by atoms with Gasteiger partial charge in [-0.3, -0.25) is 4.72 Å². The Morgan fingerprint density at radius 3 is 2.43 bits per heavy atom. The molecule has 0 aliphatic heterocycles. The summed E-state index contributed by atoms with van der Waals surface area (Å²) in [7, 11) is -4.01. The van der Waals surface area contributed by atoms with Gasteiger partial charge in [0.05, 0.1) is 16.4 Å². The molecule has 112 valence electrons. The van der Waals surface area contributed by atoms with Gasteiger partial charge in [-0.15, -0.1) is 0 Å². The molecule has 21 heavy (non-hydrogen) atoms. The maximum Gasteiger partial charge on any atom is 0.265 e. The zero-order chi connectivity index (χ0) is 15.8. The molecule has 0 fully saturated rings. The van der Waals surface area contributed by atoms with Gasteiger partial charge in [-0.1, -0.05) is 23.2 Å². The van der Waals surface area contributed by atoms with Crippen molar-refractivity contribution in [2.24, 2.45) is 0 Å².